The van der Waals surface area contributed by atoms with Gasteiger partial charge in [-0.25, -0.2) is 0 Å². The zero-order chi connectivity index (χ0) is 32.4. The molecule has 0 heterocycles. The van der Waals surface area contributed by atoms with Crippen LogP contribution in [0.25, 0.3) is 6.08 Å². The van der Waals surface area contributed by atoms with Gasteiger partial charge in [0.1, 0.15) is 17.2 Å². The lowest BCUT2D eigenvalue weighted by Crippen LogP contribution is -2.30. The number of methoxy groups -OCH3 is 2. The Bertz CT molecular complexity index is 1690. The summed E-state index contributed by atoms with van der Waals surface area (Å²) < 4.78 is 50.4. The number of nitrogens with one attached hydrogen (secondary N) is 3. The first-order chi connectivity index (χ1) is 21.6. The fourth-order valence-corrected chi connectivity index (χ4v) is 4.76. The first-order valence-corrected chi connectivity index (χ1v) is 14.4. The molecule has 12 heteroatoms. The molecule has 0 fully saturated rings. The third-order valence-electron chi connectivity index (χ3n) is 6.25. The summed E-state index contributed by atoms with van der Waals surface area (Å²) in [6, 6.07) is 24.7. The van der Waals surface area contributed by atoms with Crippen molar-refractivity contribution >= 4 is 46.9 Å². The van der Waals surface area contributed by atoms with Gasteiger partial charge in [0, 0.05) is 21.7 Å². The van der Waals surface area contributed by atoms with Gasteiger partial charge in [0.05, 0.1) is 31.2 Å². The smallest absolute Gasteiger partial charge is 0.418 e. The van der Waals surface area contributed by atoms with Crippen LogP contribution < -0.4 is 25.4 Å². The van der Waals surface area contributed by atoms with E-state index in [0.29, 0.717) is 33.2 Å². The van der Waals surface area contributed by atoms with Crippen LogP contribution in [-0.2, 0) is 15.8 Å². The number of carbonyl (C=O) groups is 3. The summed E-state index contributed by atoms with van der Waals surface area (Å²) in [5, 5.41) is 7.71. The zero-order valence-corrected chi connectivity index (χ0v) is 24.9. The van der Waals surface area contributed by atoms with Crippen molar-refractivity contribution in [2.75, 3.05) is 30.6 Å². The third-order valence-corrected chi connectivity index (χ3v) is 7.27. The molecule has 232 valence electrons. The van der Waals surface area contributed by atoms with Crippen molar-refractivity contribution in [3.8, 4) is 11.5 Å². The Morgan fingerprint density at radius 3 is 2.18 bits per heavy atom. The third kappa shape index (κ3) is 9.13. The maximum absolute atomic E-state index is 13.4. The molecule has 0 aliphatic rings. The van der Waals surface area contributed by atoms with Crippen LogP contribution in [0.5, 0.6) is 11.5 Å². The van der Waals surface area contributed by atoms with Crippen molar-refractivity contribution in [3.05, 3.63) is 119 Å². The Hall–Kier alpha value is -5.23. The van der Waals surface area contributed by atoms with Crippen LogP contribution in [-0.4, -0.2) is 37.7 Å². The fourth-order valence-electron chi connectivity index (χ4n) is 4.06. The van der Waals surface area contributed by atoms with Crippen LogP contribution in [0.2, 0.25) is 0 Å². The minimum absolute atomic E-state index is 0.0651. The lowest BCUT2D eigenvalue weighted by atomic mass is 10.1. The van der Waals surface area contributed by atoms with Gasteiger partial charge in [0.2, 0.25) is 5.91 Å². The van der Waals surface area contributed by atoms with Gasteiger partial charge >= 0.3 is 6.18 Å². The van der Waals surface area contributed by atoms with E-state index in [0.717, 1.165) is 17.8 Å². The Morgan fingerprint density at radius 1 is 0.822 bits per heavy atom. The van der Waals surface area contributed by atoms with E-state index in [4.69, 9.17) is 9.47 Å². The molecule has 0 aliphatic heterocycles. The maximum Gasteiger partial charge on any atom is 0.418 e. The number of amides is 3. The number of carbonyl (C=O) groups excluding carboxylic acids is 3. The number of anilines is 2. The highest BCUT2D eigenvalue weighted by Gasteiger charge is 2.33. The van der Waals surface area contributed by atoms with Crippen molar-refractivity contribution < 1.29 is 37.0 Å². The largest absolute Gasteiger partial charge is 0.497 e. The van der Waals surface area contributed by atoms with E-state index in [1.165, 1.54) is 38.5 Å². The monoisotopic (exact) mass is 635 g/mol. The van der Waals surface area contributed by atoms with Crippen LogP contribution in [0.3, 0.4) is 0 Å². The normalized spacial score (nSPS) is 11.4. The Labute approximate surface area is 261 Å². The molecule has 3 N–H and O–H groups in total. The highest BCUT2D eigenvalue weighted by Crippen LogP contribution is 2.34. The molecule has 0 unspecified atom stereocenters. The van der Waals surface area contributed by atoms with Gasteiger partial charge in [-0.1, -0.05) is 30.3 Å². The lowest BCUT2D eigenvalue weighted by molar-refractivity contribution is -0.137. The van der Waals surface area contributed by atoms with Gasteiger partial charge in [-0.2, -0.15) is 13.2 Å². The number of halogens is 3. The molecule has 4 aromatic carbocycles. The van der Waals surface area contributed by atoms with Crippen molar-refractivity contribution in [3.63, 3.8) is 0 Å². The van der Waals surface area contributed by atoms with Gasteiger partial charge < -0.3 is 25.4 Å². The van der Waals surface area contributed by atoms with E-state index in [2.05, 4.69) is 16.0 Å². The number of ether oxygens (including phenoxy) is 2. The minimum atomic E-state index is -4.60. The number of thioether (sulfide) groups is 1. The van der Waals surface area contributed by atoms with E-state index < -0.39 is 29.5 Å². The van der Waals surface area contributed by atoms with Crippen LogP contribution in [0.1, 0.15) is 21.5 Å². The van der Waals surface area contributed by atoms with Crippen LogP contribution in [0.4, 0.5) is 24.5 Å². The first-order valence-electron chi connectivity index (χ1n) is 13.4. The van der Waals surface area contributed by atoms with E-state index in [1.54, 1.807) is 72.8 Å². The molecule has 0 saturated heterocycles. The number of hydrogen-bond acceptors (Lipinski definition) is 6. The second-order valence-corrected chi connectivity index (χ2v) is 10.4. The second-order valence-electron chi connectivity index (χ2n) is 9.34. The SMILES string of the molecule is COc1ccc(OC)c(/C=C(\NC(=O)c2ccccc2)C(=O)Nc2ccc(SCC(=O)Nc3ccccc3C(F)(F)F)cc2)c1. The molecule has 4 aromatic rings. The van der Waals surface area contributed by atoms with E-state index in [9.17, 15) is 27.6 Å². The Balaban J connectivity index is 1.46. The predicted octanol–water partition coefficient (Wildman–Crippen LogP) is 6.86. The van der Waals surface area contributed by atoms with Crippen LogP contribution in [0.15, 0.2) is 108 Å². The molecule has 45 heavy (non-hydrogen) atoms. The Morgan fingerprint density at radius 2 is 1.51 bits per heavy atom. The van der Waals surface area contributed by atoms with Gasteiger partial charge in [-0.05, 0) is 72.8 Å². The number of alkyl halides is 3. The highest BCUT2D eigenvalue weighted by atomic mass is 32.2. The number of hydrogen-bond donors (Lipinski definition) is 3. The van der Waals surface area contributed by atoms with Crippen LogP contribution >= 0.6 is 11.8 Å². The molecular formula is C33H28F3N3O5S. The quantitative estimate of drug-likeness (QED) is 0.123. The number of para-hydroxylation sites is 1. The summed E-state index contributed by atoms with van der Waals surface area (Å²) in [7, 11) is 2.98. The van der Waals surface area contributed by atoms with Crippen molar-refractivity contribution in [2.24, 2.45) is 0 Å². The van der Waals surface area contributed by atoms with Gasteiger partial charge in [0.25, 0.3) is 11.8 Å². The number of benzene rings is 4. The zero-order valence-electron chi connectivity index (χ0n) is 24.1. The standard InChI is InChI=1S/C33H28F3N3O5S/c1-43-24-14-17-29(44-2)22(18-24)19-28(39-31(41)21-8-4-3-5-9-21)32(42)37-23-12-15-25(16-13-23)45-20-30(40)38-27-11-7-6-10-26(27)33(34,35)36/h3-19H,20H2,1-2H3,(H,37,42)(H,38,40)(H,39,41)/b28-19-. The molecule has 3 amide bonds. The topological polar surface area (TPSA) is 106 Å². The predicted molar refractivity (Wildman–Crippen MR) is 167 cm³/mol. The summed E-state index contributed by atoms with van der Waals surface area (Å²) in [6.07, 6.45) is -3.13. The molecule has 0 aliphatic carbocycles. The van der Waals surface area contributed by atoms with E-state index in [-0.39, 0.29) is 17.1 Å². The molecule has 0 aromatic heterocycles. The average molecular weight is 636 g/mol. The highest BCUT2D eigenvalue weighted by molar-refractivity contribution is 8.00. The molecule has 8 nitrogen and oxygen atoms in total. The van der Waals surface area contributed by atoms with Gasteiger partial charge in [-0.3, -0.25) is 14.4 Å². The minimum Gasteiger partial charge on any atom is -0.497 e. The molecule has 0 saturated carbocycles. The lowest BCUT2D eigenvalue weighted by Gasteiger charge is -2.14. The molecule has 0 spiro atoms. The van der Waals surface area contributed by atoms with Gasteiger partial charge in [0.15, 0.2) is 0 Å². The summed E-state index contributed by atoms with van der Waals surface area (Å²) >= 11 is 1.11. The van der Waals surface area contributed by atoms with Crippen molar-refractivity contribution in [1.82, 2.24) is 5.32 Å². The van der Waals surface area contributed by atoms with E-state index >= 15 is 0 Å². The van der Waals surface area contributed by atoms with Crippen molar-refractivity contribution in [2.45, 2.75) is 11.1 Å². The second kappa shape index (κ2) is 15.0. The molecule has 4 rings (SSSR count). The maximum atomic E-state index is 13.4. The molecule has 0 bridgehead atoms. The Kier molecular flexibility index (Phi) is 10.9. The first kappa shape index (κ1) is 32.7. The number of rotatable bonds is 11. The summed E-state index contributed by atoms with van der Waals surface area (Å²) in [5.41, 5.74) is -0.0838. The molecular weight excluding hydrogens is 607 g/mol. The van der Waals surface area contributed by atoms with Gasteiger partial charge in [-0.15, -0.1) is 11.8 Å². The van der Waals surface area contributed by atoms with Crippen LogP contribution in [0, 0.1) is 0 Å². The fraction of sp³-hybridized carbons (Fsp3) is 0.121. The molecule has 0 atom stereocenters. The average Bonchev–Trinajstić information content (AvgIpc) is 3.04. The van der Waals surface area contributed by atoms with E-state index in [1.807, 2.05) is 0 Å². The summed E-state index contributed by atoms with van der Waals surface area (Å²) in [4.78, 5) is 39.4. The molecule has 0 radical (unpaired) electrons. The summed E-state index contributed by atoms with van der Waals surface area (Å²) in [6.45, 7) is 0. The van der Waals surface area contributed by atoms with Crippen molar-refractivity contribution in [1.29, 1.82) is 0 Å². The summed E-state index contributed by atoms with van der Waals surface area (Å²) in [5.74, 6) is -0.900.